The van der Waals surface area contributed by atoms with Crippen molar-refractivity contribution in [2.45, 2.75) is 0 Å². The Morgan fingerprint density at radius 1 is 0.973 bits per heavy atom. The van der Waals surface area contributed by atoms with Crippen molar-refractivity contribution >= 4 is 50.6 Å². The van der Waals surface area contributed by atoms with Gasteiger partial charge < -0.3 is 30.3 Å². The van der Waals surface area contributed by atoms with Gasteiger partial charge >= 0.3 is 6.03 Å². The number of aromatic nitrogens is 4. The maximum absolute atomic E-state index is 12.8. The second-order valence-electron chi connectivity index (χ2n) is 8.31. The summed E-state index contributed by atoms with van der Waals surface area (Å²) in [5.74, 6) is 1.92. The highest BCUT2D eigenvalue weighted by molar-refractivity contribution is 9.10. The first-order chi connectivity index (χ1) is 17.9. The number of piperazine rings is 1. The molecule has 0 saturated carbocycles. The third-order valence-electron chi connectivity index (χ3n) is 6.05. The molecule has 0 atom stereocenters. The number of hydrogen-bond donors (Lipinski definition) is 2. The van der Waals surface area contributed by atoms with Crippen LogP contribution in [-0.2, 0) is 0 Å². The van der Waals surface area contributed by atoms with E-state index in [1.165, 1.54) is 0 Å². The van der Waals surface area contributed by atoms with Crippen LogP contribution < -0.4 is 25.4 Å². The minimum atomic E-state index is -0.149. The van der Waals surface area contributed by atoms with Gasteiger partial charge in [0.25, 0.3) is 0 Å². The molecule has 1 saturated heterocycles. The molecule has 0 aliphatic carbocycles. The van der Waals surface area contributed by atoms with Crippen molar-refractivity contribution in [3.63, 3.8) is 0 Å². The van der Waals surface area contributed by atoms with Gasteiger partial charge in [-0.15, -0.1) is 0 Å². The number of amides is 2. The Bertz CT molecular complexity index is 1440. The highest BCUT2D eigenvalue weighted by Gasteiger charge is 2.25. The summed E-state index contributed by atoms with van der Waals surface area (Å²) >= 11 is 3.40. The zero-order valence-corrected chi connectivity index (χ0v) is 21.9. The van der Waals surface area contributed by atoms with Crippen LogP contribution in [0.25, 0.3) is 22.4 Å². The van der Waals surface area contributed by atoms with Crippen molar-refractivity contribution in [1.82, 2.24) is 24.8 Å². The van der Waals surface area contributed by atoms with Gasteiger partial charge in [0.1, 0.15) is 0 Å². The molecule has 190 valence electrons. The van der Waals surface area contributed by atoms with Crippen molar-refractivity contribution < 1.29 is 14.3 Å². The van der Waals surface area contributed by atoms with Crippen LogP contribution in [0.3, 0.4) is 0 Å². The van der Waals surface area contributed by atoms with Gasteiger partial charge in [0, 0.05) is 41.9 Å². The van der Waals surface area contributed by atoms with Crippen molar-refractivity contribution in [1.29, 1.82) is 0 Å². The summed E-state index contributed by atoms with van der Waals surface area (Å²) in [5.41, 5.74) is 9.12. The molecule has 12 heteroatoms. The standard InChI is InChI=1S/C25H25BrN8O3/c1-36-19-8-3-15(13-20(19)37-2)18-14-28-22-21(30-18)23(32-24(27)31-22)33-9-11-34(12-10-33)25(35)29-17-6-4-16(26)5-7-17/h3-8,13-14H,9-12H2,1-2H3,(H,29,35)(H2,27,28,31,32). The molecular formula is C25H25BrN8O3. The highest BCUT2D eigenvalue weighted by atomic mass is 79.9. The summed E-state index contributed by atoms with van der Waals surface area (Å²) in [7, 11) is 3.17. The molecular weight excluding hydrogens is 540 g/mol. The average molecular weight is 565 g/mol. The Morgan fingerprint density at radius 3 is 2.41 bits per heavy atom. The lowest BCUT2D eigenvalue weighted by Crippen LogP contribution is -2.50. The summed E-state index contributed by atoms with van der Waals surface area (Å²) in [6, 6.07) is 12.9. The van der Waals surface area contributed by atoms with Crippen LogP contribution in [-0.4, -0.2) is 71.3 Å². The van der Waals surface area contributed by atoms with E-state index < -0.39 is 0 Å². The van der Waals surface area contributed by atoms with E-state index >= 15 is 0 Å². The van der Waals surface area contributed by atoms with Gasteiger partial charge in [-0.3, -0.25) is 0 Å². The maximum Gasteiger partial charge on any atom is 0.321 e. The molecule has 3 N–H and O–H groups in total. The molecule has 5 rings (SSSR count). The number of carbonyl (C=O) groups is 1. The molecule has 3 heterocycles. The molecule has 2 amide bonds. The van der Waals surface area contributed by atoms with Gasteiger partial charge in [-0.1, -0.05) is 15.9 Å². The zero-order chi connectivity index (χ0) is 25.9. The van der Waals surface area contributed by atoms with E-state index in [1.807, 2.05) is 42.5 Å². The zero-order valence-electron chi connectivity index (χ0n) is 20.3. The van der Waals surface area contributed by atoms with Gasteiger partial charge in [0.2, 0.25) is 5.95 Å². The largest absolute Gasteiger partial charge is 0.493 e. The van der Waals surface area contributed by atoms with Gasteiger partial charge in [-0.05, 0) is 42.5 Å². The van der Waals surface area contributed by atoms with E-state index in [9.17, 15) is 4.79 Å². The number of fused-ring (bicyclic) bond motifs is 1. The quantitative estimate of drug-likeness (QED) is 0.371. The van der Waals surface area contributed by atoms with E-state index in [1.54, 1.807) is 25.3 Å². The van der Waals surface area contributed by atoms with Crippen LogP contribution in [0.5, 0.6) is 11.5 Å². The van der Waals surface area contributed by atoms with Crippen LogP contribution in [0, 0.1) is 0 Å². The highest BCUT2D eigenvalue weighted by Crippen LogP contribution is 2.33. The molecule has 2 aromatic carbocycles. The third kappa shape index (κ3) is 5.19. The molecule has 2 aromatic heterocycles. The summed E-state index contributed by atoms with van der Waals surface area (Å²) in [5, 5.41) is 2.94. The number of methoxy groups -OCH3 is 2. The van der Waals surface area contributed by atoms with Gasteiger partial charge in [0.05, 0.1) is 26.1 Å². The van der Waals surface area contributed by atoms with Gasteiger partial charge in [-0.25, -0.2) is 14.8 Å². The smallest absolute Gasteiger partial charge is 0.321 e. The minimum Gasteiger partial charge on any atom is -0.493 e. The number of nitrogen functional groups attached to an aromatic ring is 1. The minimum absolute atomic E-state index is 0.117. The molecule has 37 heavy (non-hydrogen) atoms. The van der Waals surface area contributed by atoms with E-state index in [4.69, 9.17) is 20.2 Å². The fourth-order valence-corrected chi connectivity index (χ4v) is 4.39. The van der Waals surface area contributed by atoms with Crippen molar-refractivity contribution in [3.05, 3.63) is 53.1 Å². The van der Waals surface area contributed by atoms with E-state index in [0.717, 1.165) is 15.7 Å². The number of benzene rings is 2. The lowest BCUT2D eigenvalue weighted by Gasteiger charge is -2.35. The summed E-state index contributed by atoms with van der Waals surface area (Å²) in [6.07, 6.45) is 1.64. The second kappa shape index (κ2) is 10.4. The number of nitrogens with two attached hydrogens (primary N) is 1. The lowest BCUT2D eigenvalue weighted by molar-refractivity contribution is 0.208. The number of urea groups is 1. The Morgan fingerprint density at radius 2 is 1.70 bits per heavy atom. The van der Waals surface area contributed by atoms with Crippen molar-refractivity contribution in [2.24, 2.45) is 0 Å². The summed E-state index contributed by atoms with van der Waals surface area (Å²) in [6.45, 7) is 2.14. The van der Waals surface area contributed by atoms with Crippen molar-refractivity contribution in [2.75, 3.05) is 56.3 Å². The Kier molecular flexibility index (Phi) is 6.91. The molecule has 0 bridgehead atoms. The molecule has 1 aliphatic rings. The monoisotopic (exact) mass is 564 g/mol. The van der Waals surface area contributed by atoms with Gasteiger partial charge in [0.15, 0.2) is 28.5 Å². The van der Waals surface area contributed by atoms with Crippen LogP contribution in [0.1, 0.15) is 0 Å². The molecule has 4 aromatic rings. The number of rotatable bonds is 5. The predicted molar refractivity (Wildman–Crippen MR) is 145 cm³/mol. The Hall–Kier alpha value is -4.19. The molecule has 1 aliphatic heterocycles. The normalized spacial score (nSPS) is 13.5. The van der Waals surface area contributed by atoms with E-state index in [-0.39, 0.29) is 12.0 Å². The molecule has 0 radical (unpaired) electrons. The molecule has 0 spiro atoms. The number of ether oxygens (including phenoxy) is 2. The van der Waals surface area contributed by atoms with Crippen LogP contribution in [0.2, 0.25) is 0 Å². The third-order valence-corrected chi connectivity index (χ3v) is 6.58. The molecule has 11 nitrogen and oxygen atoms in total. The van der Waals surface area contributed by atoms with Crippen LogP contribution in [0.4, 0.5) is 22.2 Å². The molecule has 0 unspecified atom stereocenters. The van der Waals surface area contributed by atoms with E-state index in [2.05, 4.69) is 41.1 Å². The number of nitrogens with one attached hydrogen (secondary N) is 1. The first-order valence-corrected chi connectivity index (χ1v) is 12.3. The first-order valence-electron chi connectivity index (χ1n) is 11.5. The second-order valence-corrected chi connectivity index (χ2v) is 9.23. The lowest BCUT2D eigenvalue weighted by atomic mass is 10.1. The average Bonchev–Trinajstić information content (AvgIpc) is 2.93. The van der Waals surface area contributed by atoms with Crippen molar-refractivity contribution in [3.8, 4) is 22.8 Å². The topological polar surface area (TPSA) is 132 Å². The Labute approximate surface area is 221 Å². The number of hydrogen-bond acceptors (Lipinski definition) is 9. The number of anilines is 3. The van der Waals surface area contributed by atoms with Crippen LogP contribution in [0.15, 0.2) is 53.1 Å². The number of nitrogens with zero attached hydrogens (tertiary/aromatic N) is 6. The maximum atomic E-state index is 12.8. The Balaban J connectivity index is 1.37. The SMILES string of the molecule is COc1ccc(-c2cnc3nc(N)nc(N4CCN(C(=O)Nc5ccc(Br)cc5)CC4)c3n2)cc1OC. The number of halogens is 1. The number of carbonyl (C=O) groups excluding carboxylic acids is 1. The van der Waals surface area contributed by atoms with E-state index in [0.29, 0.717) is 60.4 Å². The predicted octanol–water partition coefficient (Wildman–Crippen LogP) is 3.80. The fraction of sp³-hybridized carbons (Fsp3) is 0.240. The first kappa shape index (κ1) is 24.5. The summed E-state index contributed by atoms with van der Waals surface area (Å²) in [4.78, 5) is 34.7. The summed E-state index contributed by atoms with van der Waals surface area (Å²) < 4.78 is 11.7. The molecule has 1 fully saturated rings. The fourth-order valence-electron chi connectivity index (χ4n) is 4.12. The van der Waals surface area contributed by atoms with Gasteiger partial charge in [-0.2, -0.15) is 9.97 Å². The van der Waals surface area contributed by atoms with Crippen LogP contribution >= 0.6 is 15.9 Å².